The van der Waals surface area contributed by atoms with Crippen molar-refractivity contribution in [2.24, 2.45) is 5.73 Å². The van der Waals surface area contributed by atoms with Crippen molar-refractivity contribution in [1.29, 1.82) is 0 Å². The third kappa shape index (κ3) is 4.31. The fraction of sp³-hybridized carbons (Fsp3) is 0.500. The molecule has 0 spiro atoms. The third-order valence-corrected chi connectivity index (χ3v) is 3.11. The molecule has 2 N–H and O–H groups in total. The molecule has 0 bridgehead atoms. The van der Waals surface area contributed by atoms with Crippen LogP contribution in [0.5, 0.6) is 0 Å². The molecule has 0 aliphatic carbocycles. The molecule has 1 aromatic carbocycles. The molecule has 0 aliphatic rings. The Hall–Kier alpha value is -1.06. The summed E-state index contributed by atoms with van der Waals surface area (Å²) in [5.74, 6) is 0.0133. The predicted molar refractivity (Wildman–Crippen MR) is 75.4 cm³/mol. The minimum Gasteiger partial charge on any atom is -0.337 e. The highest BCUT2D eigenvalue weighted by molar-refractivity contribution is 6.30. The molecule has 3 nitrogen and oxygen atoms in total. The first-order valence-corrected chi connectivity index (χ1v) is 6.75. The standard InChI is InChI=1S/C14H21ClN2O/c1-3-6-13(16)14(18)17(4-2)10-11-7-5-8-12(15)9-11/h5,7-9,13H,3-4,6,10,16H2,1-2H3. The number of rotatable bonds is 6. The number of nitrogens with zero attached hydrogens (tertiary/aromatic N) is 1. The van der Waals surface area contributed by atoms with Crippen molar-refractivity contribution in [3.05, 3.63) is 34.9 Å². The molecule has 1 amide bonds. The van der Waals surface area contributed by atoms with Crippen LogP contribution in [0.15, 0.2) is 24.3 Å². The zero-order chi connectivity index (χ0) is 13.5. The maximum Gasteiger partial charge on any atom is 0.239 e. The van der Waals surface area contributed by atoms with Crippen LogP contribution < -0.4 is 5.73 Å². The van der Waals surface area contributed by atoms with E-state index in [2.05, 4.69) is 0 Å². The lowest BCUT2D eigenvalue weighted by Crippen LogP contribution is -2.43. The van der Waals surface area contributed by atoms with Gasteiger partial charge >= 0.3 is 0 Å². The van der Waals surface area contributed by atoms with Gasteiger partial charge in [0.15, 0.2) is 0 Å². The summed E-state index contributed by atoms with van der Waals surface area (Å²) >= 11 is 5.94. The lowest BCUT2D eigenvalue weighted by atomic mass is 10.1. The molecule has 0 saturated heterocycles. The normalized spacial score (nSPS) is 12.2. The van der Waals surface area contributed by atoms with Crippen molar-refractivity contribution < 1.29 is 4.79 Å². The van der Waals surface area contributed by atoms with Gasteiger partial charge in [0.25, 0.3) is 0 Å². The summed E-state index contributed by atoms with van der Waals surface area (Å²) in [4.78, 5) is 13.9. The van der Waals surface area contributed by atoms with Gasteiger partial charge in [-0.05, 0) is 31.0 Å². The van der Waals surface area contributed by atoms with Crippen LogP contribution in [-0.2, 0) is 11.3 Å². The Morgan fingerprint density at radius 2 is 2.17 bits per heavy atom. The van der Waals surface area contributed by atoms with Crippen molar-refractivity contribution in [3.63, 3.8) is 0 Å². The highest BCUT2D eigenvalue weighted by Gasteiger charge is 2.19. The number of carbonyl (C=O) groups excluding carboxylic acids is 1. The highest BCUT2D eigenvalue weighted by Crippen LogP contribution is 2.13. The summed E-state index contributed by atoms with van der Waals surface area (Å²) in [7, 11) is 0. The zero-order valence-corrected chi connectivity index (χ0v) is 11.8. The van der Waals surface area contributed by atoms with Crippen LogP contribution >= 0.6 is 11.6 Å². The Balaban J connectivity index is 2.69. The summed E-state index contributed by atoms with van der Waals surface area (Å²) in [6.45, 7) is 5.21. The molecular formula is C14H21ClN2O. The van der Waals surface area contributed by atoms with Crippen molar-refractivity contribution >= 4 is 17.5 Å². The predicted octanol–water partition coefficient (Wildman–Crippen LogP) is 2.82. The summed E-state index contributed by atoms with van der Waals surface area (Å²) in [6.07, 6.45) is 1.65. The topological polar surface area (TPSA) is 46.3 Å². The maximum absolute atomic E-state index is 12.1. The van der Waals surface area contributed by atoms with Crippen molar-refractivity contribution in [2.75, 3.05) is 6.54 Å². The number of nitrogens with two attached hydrogens (primary N) is 1. The summed E-state index contributed by atoms with van der Waals surface area (Å²) in [5.41, 5.74) is 6.90. The molecule has 0 aliphatic heterocycles. The minimum atomic E-state index is -0.394. The van der Waals surface area contributed by atoms with Crippen LogP contribution in [0.4, 0.5) is 0 Å². The molecule has 1 rings (SSSR count). The quantitative estimate of drug-likeness (QED) is 0.862. The summed E-state index contributed by atoms with van der Waals surface area (Å²) < 4.78 is 0. The fourth-order valence-corrected chi connectivity index (χ4v) is 2.08. The molecule has 18 heavy (non-hydrogen) atoms. The van der Waals surface area contributed by atoms with Crippen molar-refractivity contribution in [3.8, 4) is 0 Å². The van der Waals surface area contributed by atoms with E-state index in [-0.39, 0.29) is 5.91 Å². The van der Waals surface area contributed by atoms with Crippen LogP contribution in [0.1, 0.15) is 32.3 Å². The van der Waals surface area contributed by atoms with E-state index < -0.39 is 6.04 Å². The van der Waals surface area contributed by atoms with E-state index >= 15 is 0 Å². The van der Waals surface area contributed by atoms with Gasteiger partial charge in [0.05, 0.1) is 6.04 Å². The zero-order valence-electron chi connectivity index (χ0n) is 11.0. The molecule has 0 radical (unpaired) electrons. The fourth-order valence-electron chi connectivity index (χ4n) is 1.87. The summed E-state index contributed by atoms with van der Waals surface area (Å²) in [6, 6.07) is 7.17. The van der Waals surface area contributed by atoms with E-state index in [9.17, 15) is 4.79 Å². The van der Waals surface area contributed by atoms with E-state index in [1.54, 1.807) is 4.90 Å². The Morgan fingerprint density at radius 1 is 1.44 bits per heavy atom. The van der Waals surface area contributed by atoms with Crippen molar-refractivity contribution in [2.45, 2.75) is 39.3 Å². The van der Waals surface area contributed by atoms with Gasteiger partial charge in [-0.15, -0.1) is 0 Å². The molecule has 1 atom stereocenters. The second-order valence-electron chi connectivity index (χ2n) is 4.38. The van der Waals surface area contributed by atoms with Gasteiger partial charge in [0, 0.05) is 18.1 Å². The van der Waals surface area contributed by atoms with Gasteiger partial charge in [-0.1, -0.05) is 37.1 Å². The van der Waals surface area contributed by atoms with Crippen LogP contribution in [0, 0.1) is 0 Å². The number of amides is 1. The lowest BCUT2D eigenvalue weighted by molar-refractivity contribution is -0.133. The van der Waals surface area contributed by atoms with E-state index in [0.717, 1.165) is 18.4 Å². The van der Waals surface area contributed by atoms with E-state index in [0.29, 0.717) is 18.1 Å². The average Bonchev–Trinajstić information content (AvgIpc) is 2.35. The minimum absolute atomic E-state index is 0.0133. The first-order valence-electron chi connectivity index (χ1n) is 6.37. The van der Waals surface area contributed by atoms with Gasteiger partial charge in [-0.25, -0.2) is 0 Å². The average molecular weight is 269 g/mol. The molecule has 0 fully saturated rings. The first-order chi connectivity index (χ1) is 8.58. The number of carbonyl (C=O) groups is 1. The number of benzene rings is 1. The van der Waals surface area contributed by atoms with Crippen LogP contribution in [0.25, 0.3) is 0 Å². The van der Waals surface area contributed by atoms with Gasteiger partial charge in [0.2, 0.25) is 5.91 Å². The van der Waals surface area contributed by atoms with Crippen molar-refractivity contribution in [1.82, 2.24) is 4.90 Å². The highest BCUT2D eigenvalue weighted by atomic mass is 35.5. The number of halogens is 1. The maximum atomic E-state index is 12.1. The Bertz CT molecular complexity index is 395. The second-order valence-corrected chi connectivity index (χ2v) is 4.81. The molecule has 0 heterocycles. The van der Waals surface area contributed by atoms with Gasteiger partial charge < -0.3 is 10.6 Å². The smallest absolute Gasteiger partial charge is 0.239 e. The molecular weight excluding hydrogens is 248 g/mol. The SMILES string of the molecule is CCCC(N)C(=O)N(CC)Cc1cccc(Cl)c1. The molecule has 0 aromatic heterocycles. The van der Waals surface area contributed by atoms with Crippen LogP contribution in [0.3, 0.4) is 0 Å². The number of hydrogen-bond donors (Lipinski definition) is 1. The molecule has 1 aromatic rings. The molecule has 0 saturated carbocycles. The Kier molecular flexibility index (Phi) is 6.16. The number of hydrogen-bond acceptors (Lipinski definition) is 2. The van der Waals surface area contributed by atoms with E-state index in [1.165, 1.54) is 0 Å². The summed E-state index contributed by atoms with van der Waals surface area (Å²) in [5, 5.41) is 0.689. The lowest BCUT2D eigenvalue weighted by Gasteiger charge is -2.24. The molecule has 100 valence electrons. The largest absolute Gasteiger partial charge is 0.337 e. The molecule has 4 heteroatoms. The van der Waals surface area contributed by atoms with E-state index in [1.807, 2.05) is 38.1 Å². The monoisotopic (exact) mass is 268 g/mol. The number of likely N-dealkylation sites (N-methyl/N-ethyl adjacent to an activating group) is 1. The second kappa shape index (κ2) is 7.39. The van der Waals surface area contributed by atoms with E-state index in [4.69, 9.17) is 17.3 Å². The first kappa shape index (κ1) is 15.0. The molecule has 1 unspecified atom stereocenters. The van der Waals surface area contributed by atoms with Gasteiger partial charge in [-0.2, -0.15) is 0 Å². The Labute approximate surface area is 114 Å². The Morgan fingerprint density at radius 3 is 2.72 bits per heavy atom. The third-order valence-electron chi connectivity index (χ3n) is 2.87. The van der Waals surface area contributed by atoms with Crippen LogP contribution in [-0.4, -0.2) is 23.4 Å². The van der Waals surface area contributed by atoms with Crippen LogP contribution in [0.2, 0.25) is 5.02 Å². The van der Waals surface area contributed by atoms with Gasteiger partial charge in [-0.3, -0.25) is 4.79 Å². The van der Waals surface area contributed by atoms with Gasteiger partial charge in [0.1, 0.15) is 0 Å².